The van der Waals surface area contributed by atoms with Gasteiger partial charge in [0.25, 0.3) is 11.7 Å². The topological polar surface area (TPSA) is 85.3 Å². The third-order valence-electron chi connectivity index (χ3n) is 6.00. The fourth-order valence-corrected chi connectivity index (χ4v) is 4.37. The van der Waals surface area contributed by atoms with Crippen LogP contribution in [-0.4, -0.2) is 47.7 Å². The number of likely N-dealkylation sites (tertiary alicyclic amines) is 1. The summed E-state index contributed by atoms with van der Waals surface area (Å²) in [6, 6.07) is 11.8. The predicted molar refractivity (Wildman–Crippen MR) is 112 cm³/mol. The normalized spacial score (nSPS) is 24.2. The molecule has 0 saturated carbocycles. The van der Waals surface area contributed by atoms with Crippen molar-refractivity contribution >= 4 is 17.4 Å². The van der Waals surface area contributed by atoms with Gasteiger partial charge in [-0.05, 0) is 37.5 Å². The average Bonchev–Trinajstić information content (AvgIpc) is 3.50. The number of rotatable bonds is 4. The molecular weight excluding hydrogens is 398 g/mol. The van der Waals surface area contributed by atoms with Crippen LogP contribution < -0.4 is 9.47 Å². The Bertz CT molecular complexity index is 1070. The fraction of sp³-hybridized carbons (Fsp3) is 0.333. The highest BCUT2D eigenvalue weighted by molar-refractivity contribution is 6.46. The van der Waals surface area contributed by atoms with Crippen molar-refractivity contribution in [2.45, 2.75) is 31.9 Å². The summed E-state index contributed by atoms with van der Waals surface area (Å²) < 4.78 is 16.6. The van der Waals surface area contributed by atoms with Crippen LogP contribution in [0.4, 0.5) is 0 Å². The molecule has 5 rings (SSSR count). The summed E-state index contributed by atoms with van der Waals surface area (Å²) in [6.07, 6.45) is 1.62. The molecule has 7 nitrogen and oxygen atoms in total. The Labute approximate surface area is 179 Å². The SMILES string of the molecule is Cc1ccc(C(O)=C2C(=O)C(=O)N(C[C@H]3CCCO3)[C@@H]2c2ccc3c(c2)OCO3)cc1. The highest BCUT2D eigenvalue weighted by Crippen LogP contribution is 2.43. The number of amides is 1. The van der Waals surface area contributed by atoms with E-state index in [9.17, 15) is 14.7 Å². The van der Waals surface area contributed by atoms with Crippen molar-refractivity contribution in [1.82, 2.24) is 4.90 Å². The smallest absolute Gasteiger partial charge is 0.295 e. The minimum absolute atomic E-state index is 0.0747. The van der Waals surface area contributed by atoms with Crippen molar-refractivity contribution in [2.75, 3.05) is 19.9 Å². The number of carbonyl (C=O) groups is 2. The van der Waals surface area contributed by atoms with Crippen molar-refractivity contribution in [3.8, 4) is 11.5 Å². The van der Waals surface area contributed by atoms with Crippen molar-refractivity contribution in [1.29, 1.82) is 0 Å². The summed E-state index contributed by atoms with van der Waals surface area (Å²) in [5.41, 5.74) is 2.27. The first kappa shape index (κ1) is 19.6. The van der Waals surface area contributed by atoms with E-state index in [2.05, 4.69) is 0 Å². The van der Waals surface area contributed by atoms with Crippen molar-refractivity contribution in [3.63, 3.8) is 0 Å². The number of carbonyl (C=O) groups excluding carboxylic acids is 2. The molecule has 160 valence electrons. The van der Waals surface area contributed by atoms with Gasteiger partial charge in [-0.25, -0.2) is 0 Å². The largest absolute Gasteiger partial charge is 0.507 e. The molecule has 2 aromatic carbocycles. The lowest BCUT2D eigenvalue weighted by atomic mass is 9.94. The van der Waals surface area contributed by atoms with Gasteiger partial charge in [0.05, 0.1) is 17.7 Å². The highest BCUT2D eigenvalue weighted by Gasteiger charge is 2.47. The number of hydrogen-bond acceptors (Lipinski definition) is 6. The molecule has 2 atom stereocenters. The monoisotopic (exact) mass is 421 g/mol. The van der Waals surface area contributed by atoms with E-state index in [0.717, 1.165) is 18.4 Å². The first-order valence-electron chi connectivity index (χ1n) is 10.4. The lowest BCUT2D eigenvalue weighted by Crippen LogP contribution is -2.36. The van der Waals surface area contributed by atoms with Crippen LogP contribution in [0.3, 0.4) is 0 Å². The summed E-state index contributed by atoms with van der Waals surface area (Å²) in [5.74, 6) is -0.352. The number of aliphatic hydroxyl groups is 1. The molecule has 1 amide bonds. The number of Topliss-reactive ketones (excluding diaryl/α,β-unsaturated/α-hetero) is 1. The molecule has 0 unspecified atom stereocenters. The third-order valence-corrected chi connectivity index (χ3v) is 6.00. The Morgan fingerprint density at radius 3 is 2.61 bits per heavy atom. The van der Waals surface area contributed by atoms with Gasteiger partial charge < -0.3 is 24.2 Å². The fourth-order valence-electron chi connectivity index (χ4n) is 4.37. The highest BCUT2D eigenvalue weighted by atomic mass is 16.7. The number of ketones is 1. The zero-order valence-electron chi connectivity index (χ0n) is 17.2. The standard InChI is InChI=1S/C24H23NO6/c1-14-4-6-15(7-5-14)22(26)20-21(16-8-9-18-19(11-16)31-13-30-18)25(24(28)23(20)27)12-17-3-2-10-29-17/h4-9,11,17,21,26H,2-3,10,12-13H2,1H3/t17-,21-/m1/s1. The Morgan fingerprint density at radius 2 is 1.87 bits per heavy atom. The number of benzene rings is 2. The molecule has 3 aliphatic rings. The van der Waals surface area contributed by atoms with E-state index in [0.29, 0.717) is 29.2 Å². The van der Waals surface area contributed by atoms with Gasteiger partial charge in [-0.2, -0.15) is 0 Å². The Kier molecular flexibility index (Phi) is 4.90. The van der Waals surface area contributed by atoms with Gasteiger partial charge >= 0.3 is 0 Å². The van der Waals surface area contributed by atoms with E-state index in [1.165, 1.54) is 4.90 Å². The Hall–Kier alpha value is -3.32. The van der Waals surface area contributed by atoms with E-state index in [4.69, 9.17) is 14.2 Å². The lowest BCUT2D eigenvalue weighted by molar-refractivity contribution is -0.140. The van der Waals surface area contributed by atoms with Crippen LogP contribution in [0.2, 0.25) is 0 Å². The molecule has 0 aromatic heterocycles. The van der Waals surface area contributed by atoms with Crippen molar-refractivity contribution in [2.24, 2.45) is 0 Å². The maximum Gasteiger partial charge on any atom is 0.295 e. The minimum atomic E-state index is -0.736. The molecule has 2 fully saturated rings. The van der Waals surface area contributed by atoms with Crippen molar-refractivity contribution < 1.29 is 28.9 Å². The van der Waals surface area contributed by atoms with E-state index in [1.54, 1.807) is 30.3 Å². The number of fused-ring (bicyclic) bond motifs is 1. The zero-order chi connectivity index (χ0) is 21.5. The number of nitrogens with zero attached hydrogens (tertiary/aromatic N) is 1. The summed E-state index contributed by atoms with van der Waals surface area (Å²) in [5, 5.41) is 11.1. The summed E-state index contributed by atoms with van der Waals surface area (Å²) >= 11 is 0. The van der Waals surface area contributed by atoms with E-state index in [-0.39, 0.29) is 30.8 Å². The van der Waals surface area contributed by atoms with Crippen LogP contribution >= 0.6 is 0 Å². The first-order valence-corrected chi connectivity index (χ1v) is 10.4. The van der Waals surface area contributed by atoms with Crippen LogP contribution in [0.25, 0.3) is 5.76 Å². The Morgan fingerprint density at radius 1 is 1.10 bits per heavy atom. The third kappa shape index (κ3) is 3.45. The van der Waals surface area contributed by atoms with E-state index >= 15 is 0 Å². The van der Waals surface area contributed by atoms with E-state index in [1.807, 2.05) is 19.1 Å². The molecule has 2 saturated heterocycles. The number of aliphatic hydroxyl groups excluding tert-OH is 1. The van der Waals surface area contributed by atoms with E-state index < -0.39 is 17.7 Å². The van der Waals surface area contributed by atoms with Crippen LogP contribution in [0.1, 0.15) is 35.6 Å². The predicted octanol–water partition coefficient (Wildman–Crippen LogP) is 3.32. The minimum Gasteiger partial charge on any atom is -0.507 e. The Balaban J connectivity index is 1.62. The number of aryl methyl sites for hydroxylation is 1. The molecule has 3 aliphatic heterocycles. The first-order chi connectivity index (χ1) is 15.0. The van der Waals surface area contributed by atoms with Gasteiger partial charge in [-0.1, -0.05) is 35.9 Å². The van der Waals surface area contributed by atoms with Gasteiger partial charge in [0.2, 0.25) is 6.79 Å². The zero-order valence-corrected chi connectivity index (χ0v) is 17.2. The maximum atomic E-state index is 13.1. The summed E-state index contributed by atoms with van der Waals surface area (Å²) in [6.45, 7) is 3.00. The van der Waals surface area contributed by atoms with Crippen molar-refractivity contribution in [3.05, 3.63) is 64.7 Å². The molecule has 7 heteroatoms. The molecule has 31 heavy (non-hydrogen) atoms. The summed E-state index contributed by atoms with van der Waals surface area (Å²) in [7, 11) is 0. The second-order valence-corrected chi connectivity index (χ2v) is 8.07. The molecule has 0 radical (unpaired) electrons. The quantitative estimate of drug-likeness (QED) is 0.463. The number of ether oxygens (including phenoxy) is 3. The lowest BCUT2D eigenvalue weighted by Gasteiger charge is -2.27. The number of hydrogen-bond donors (Lipinski definition) is 1. The molecule has 2 aromatic rings. The molecule has 0 bridgehead atoms. The van der Waals surface area contributed by atoms with Gasteiger partial charge in [0.15, 0.2) is 11.5 Å². The van der Waals surface area contributed by atoms with Crippen LogP contribution in [0.15, 0.2) is 48.0 Å². The van der Waals surface area contributed by atoms with Gasteiger partial charge in [0.1, 0.15) is 5.76 Å². The second kappa shape index (κ2) is 7.74. The average molecular weight is 421 g/mol. The second-order valence-electron chi connectivity index (χ2n) is 8.07. The molecule has 3 heterocycles. The summed E-state index contributed by atoms with van der Waals surface area (Å²) in [4.78, 5) is 27.6. The van der Waals surface area contributed by atoms with Gasteiger partial charge in [-0.3, -0.25) is 9.59 Å². The molecular formula is C24H23NO6. The maximum absolute atomic E-state index is 13.1. The molecule has 1 N–H and O–H groups in total. The van der Waals surface area contributed by atoms with Crippen LogP contribution in [-0.2, 0) is 14.3 Å². The molecule has 0 spiro atoms. The molecule has 0 aliphatic carbocycles. The van der Waals surface area contributed by atoms with Gasteiger partial charge in [0, 0.05) is 18.7 Å². The van der Waals surface area contributed by atoms with Crippen LogP contribution in [0, 0.1) is 6.92 Å². The van der Waals surface area contributed by atoms with Gasteiger partial charge in [-0.15, -0.1) is 0 Å². The van der Waals surface area contributed by atoms with Crippen LogP contribution in [0.5, 0.6) is 11.5 Å².